The van der Waals surface area contributed by atoms with E-state index in [1.165, 1.54) is 75.8 Å². The predicted octanol–water partition coefficient (Wildman–Crippen LogP) is 13.5. The number of fused-ring (bicyclic) bond motifs is 5. The maximum absolute atomic E-state index is 4.96. The smallest absolute Gasteiger partial charge is 0.0970 e. The van der Waals surface area contributed by atoms with Crippen LogP contribution in [-0.2, 0) is 0 Å². The maximum atomic E-state index is 4.96. The number of nitrogens with zero attached hydrogens (tertiary/aromatic N) is 3. The number of pyridine rings is 3. The van der Waals surface area contributed by atoms with E-state index in [-0.39, 0.29) is 0 Å². The van der Waals surface area contributed by atoms with Crippen LogP contribution in [0.3, 0.4) is 0 Å². The number of rotatable bonds is 3. The number of aromatic nitrogens is 3. The van der Waals surface area contributed by atoms with Crippen LogP contribution >= 0.6 is 0 Å². The molecule has 3 heterocycles. The van der Waals surface area contributed by atoms with Gasteiger partial charge in [-0.15, -0.1) is 0 Å². The summed E-state index contributed by atoms with van der Waals surface area (Å²) < 4.78 is 0. The van der Waals surface area contributed by atoms with E-state index in [0.29, 0.717) is 0 Å². The normalized spacial score (nSPS) is 12.1. The minimum atomic E-state index is 0.909. The van der Waals surface area contributed by atoms with Gasteiger partial charge in [-0.25, -0.2) is 0 Å². The molecule has 3 aromatic heterocycles. The SMILES string of the molecule is c1cnc2c(c1)cc(-c1ccc(-c3ccc(-c4cc5ccc6cccc7c8cccc9ccc%10cccc(c(c4)c5c67)c%10c98)cc3)nc1)c1cccnc12. The van der Waals surface area contributed by atoms with Crippen LogP contribution < -0.4 is 0 Å². The quantitative estimate of drug-likeness (QED) is 0.174. The molecule has 0 fully saturated rings. The Labute approximate surface area is 310 Å². The third kappa shape index (κ3) is 4.21. The zero-order chi connectivity index (χ0) is 35.3. The molecule has 0 atom stereocenters. The highest BCUT2D eigenvalue weighted by atomic mass is 14.7. The molecule has 0 aliphatic heterocycles. The fourth-order valence-electron chi connectivity index (χ4n) is 9.02. The van der Waals surface area contributed by atoms with E-state index < -0.39 is 0 Å². The first-order valence-corrected chi connectivity index (χ1v) is 18.4. The largest absolute Gasteiger partial charge is 0.256 e. The van der Waals surface area contributed by atoms with Crippen LogP contribution in [0.1, 0.15) is 0 Å². The Bertz CT molecular complexity index is 3470. The lowest BCUT2D eigenvalue weighted by atomic mass is 9.86. The van der Waals surface area contributed by atoms with Crippen molar-refractivity contribution in [3.05, 3.63) is 176 Å². The summed E-state index contributed by atoms with van der Waals surface area (Å²) in [5, 5.41) is 17.7. The first-order chi connectivity index (χ1) is 26.8. The summed E-state index contributed by atoms with van der Waals surface area (Å²) in [4.78, 5) is 14.3. The van der Waals surface area contributed by atoms with Crippen molar-refractivity contribution in [2.45, 2.75) is 0 Å². The van der Waals surface area contributed by atoms with Gasteiger partial charge >= 0.3 is 0 Å². The summed E-state index contributed by atoms with van der Waals surface area (Å²) in [6.07, 6.45) is 5.64. The summed E-state index contributed by atoms with van der Waals surface area (Å²) in [5.41, 5.74) is 8.39. The second-order valence-electron chi connectivity index (χ2n) is 14.4. The Morgan fingerprint density at radius 2 is 0.833 bits per heavy atom. The molecule has 0 aliphatic rings. The van der Waals surface area contributed by atoms with Gasteiger partial charge < -0.3 is 0 Å². The van der Waals surface area contributed by atoms with Gasteiger partial charge in [0.25, 0.3) is 0 Å². The van der Waals surface area contributed by atoms with Gasteiger partial charge in [0.05, 0.1) is 16.7 Å². The van der Waals surface area contributed by atoms with Crippen molar-refractivity contribution >= 4 is 86.4 Å². The van der Waals surface area contributed by atoms with Crippen molar-refractivity contribution in [2.75, 3.05) is 0 Å². The fraction of sp³-hybridized carbons (Fsp3) is 0. The van der Waals surface area contributed by atoms with E-state index in [9.17, 15) is 0 Å². The van der Waals surface area contributed by atoms with Crippen molar-refractivity contribution < 1.29 is 0 Å². The molecule has 12 rings (SSSR count). The number of benzene rings is 8. The number of hydrogen-bond donors (Lipinski definition) is 0. The lowest BCUT2D eigenvalue weighted by molar-refractivity contribution is 1.32. The molecule has 12 aromatic rings. The summed E-state index contributed by atoms with van der Waals surface area (Å²) >= 11 is 0. The topological polar surface area (TPSA) is 38.7 Å². The van der Waals surface area contributed by atoms with Crippen molar-refractivity contribution in [3.63, 3.8) is 0 Å². The van der Waals surface area contributed by atoms with E-state index >= 15 is 0 Å². The van der Waals surface area contributed by atoms with Crippen LogP contribution in [0, 0.1) is 0 Å². The van der Waals surface area contributed by atoms with Crippen LogP contribution in [0.4, 0.5) is 0 Å². The Morgan fingerprint density at radius 1 is 0.296 bits per heavy atom. The second-order valence-corrected chi connectivity index (χ2v) is 14.4. The van der Waals surface area contributed by atoms with Crippen LogP contribution in [0.25, 0.3) is 120 Å². The molecule has 54 heavy (non-hydrogen) atoms. The van der Waals surface area contributed by atoms with Crippen molar-refractivity contribution in [1.29, 1.82) is 0 Å². The first kappa shape index (κ1) is 29.4. The predicted molar refractivity (Wildman–Crippen MR) is 227 cm³/mol. The lowest BCUT2D eigenvalue weighted by Crippen LogP contribution is -1.90. The van der Waals surface area contributed by atoms with E-state index in [2.05, 4.69) is 151 Å². The molecule has 9 aromatic carbocycles. The first-order valence-electron chi connectivity index (χ1n) is 18.4. The molecule has 0 N–H and O–H groups in total. The van der Waals surface area contributed by atoms with Crippen molar-refractivity contribution in [3.8, 4) is 33.5 Å². The van der Waals surface area contributed by atoms with E-state index in [0.717, 1.165) is 44.2 Å². The molecule has 0 unspecified atom stereocenters. The molecule has 0 saturated heterocycles. The summed E-state index contributed by atoms with van der Waals surface area (Å²) in [6.45, 7) is 0. The fourth-order valence-corrected chi connectivity index (χ4v) is 9.02. The average molecular weight is 684 g/mol. The highest BCUT2D eigenvalue weighted by Crippen LogP contribution is 2.44. The van der Waals surface area contributed by atoms with Gasteiger partial charge in [-0.05, 0) is 118 Å². The molecule has 0 saturated carbocycles. The molecule has 0 spiro atoms. The molecule has 0 bridgehead atoms. The van der Waals surface area contributed by atoms with Crippen LogP contribution in [0.5, 0.6) is 0 Å². The molecule has 248 valence electrons. The molecular weight excluding hydrogens is 655 g/mol. The Kier molecular flexibility index (Phi) is 6.05. The van der Waals surface area contributed by atoms with Crippen LogP contribution in [-0.4, -0.2) is 15.0 Å². The van der Waals surface area contributed by atoms with Crippen molar-refractivity contribution in [2.24, 2.45) is 0 Å². The molecule has 0 radical (unpaired) electrons. The standard InChI is InChI=1S/C51H29N3/c1-6-32-18-19-33-8-3-12-41-44-28-38(26-35-21-20-34-7-2-11-40(47(34)49(35)44)39(10-1)46(32)48(33)41)30-14-16-31(17-15-30)45-23-22-37(29-54-45)43-27-36-9-4-24-52-50(36)51-42(43)13-5-25-53-51/h1-29H. The molecule has 3 heteroatoms. The minimum Gasteiger partial charge on any atom is -0.256 e. The van der Waals surface area contributed by atoms with E-state index in [4.69, 9.17) is 9.97 Å². The maximum Gasteiger partial charge on any atom is 0.0970 e. The Morgan fingerprint density at radius 3 is 1.50 bits per heavy atom. The minimum absolute atomic E-state index is 0.909. The summed E-state index contributed by atoms with van der Waals surface area (Å²) in [6, 6.07) is 57.7. The average Bonchev–Trinajstić information content (AvgIpc) is 3.24. The van der Waals surface area contributed by atoms with Gasteiger partial charge in [-0.1, -0.05) is 121 Å². The summed E-state index contributed by atoms with van der Waals surface area (Å²) in [7, 11) is 0. The van der Waals surface area contributed by atoms with Gasteiger partial charge in [0.15, 0.2) is 0 Å². The second kappa shape index (κ2) is 11.1. The van der Waals surface area contributed by atoms with Gasteiger partial charge in [-0.2, -0.15) is 0 Å². The molecule has 0 aliphatic carbocycles. The van der Waals surface area contributed by atoms with Crippen LogP contribution in [0.2, 0.25) is 0 Å². The zero-order valence-electron chi connectivity index (χ0n) is 29.1. The highest BCUT2D eigenvalue weighted by Gasteiger charge is 2.17. The lowest BCUT2D eigenvalue weighted by Gasteiger charge is -2.17. The van der Waals surface area contributed by atoms with E-state index in [1.54, 1.807) is 0 Å². The molecular formula is C51H29N3. The number of hydrogen-bond acceptors (Lipinski definition) is 3. The molecule has 0 amide bonds. The third-order valence-corrected chi connectivity index (χ3v) is 11.5. The highest BCUT2D eigenvalue weighted by molar-refractivity contribution is 6.37. The van der Waals surface area contributed by atoms with Crippen molar-refractivity contribution in [1.82, 2.24) is 15.0 Å². The van der Waals surface area contributed by atoms with E-state index in [1.807, 2.05) is 30.7 Å². The van der Waals surface area contributed by atoms with Crippen LogP contribution in [0.15, 0.2) is 176 Å². The third-order valence-electron chi connectivity index (χ3n) is 11.5. The monoisotopic (exact) mass is 683 g/mol. The van der Waals surface area contributed by atoms with Gasteiger partial charge in [0, 0.05) is 40.5 Å². The summed E-state index contributed by atoms with van der Waals surface area (Å²) in [5.74, 6) is 0. The zero-order valence-corrected chi connectivity index (χ0v) is 29.1. The Balaban J connectivity index is 1.01. The van der Waals surface area contributed by atoms with Gasteiger partial charge in [0.1, 0.15) is 0 Å². The van der Waals surface area contributed by atoms with Gasteiger partial charge in [0.2, 0.25) is 0 Å². The van der Waals surface area contributed by atoms with Gasteiger partial charge in [-0.3, -0.25) is 15.0 Å². The Hall–Kier alpha value is -7.23. The molecule has 3 nitrogen and oxygen atoms in total.